The number of nitrogens with zero attached hydrogens (tertiary/aromatic N) is 2. The van der Waals surface area contributed by atoms with Crippen molar-refractivity contribution in [3.05, 3.63) is 115 Å². The van der Waals surface area contributed by atoms with Crippen molar-refractivity contribution in [2.24, 2.45) is 4.99 Å². The van der Waals surface area contributed by atoms with Crippen LogP contribution in [0.3, 0.4) is 0 Å². The van der Waals surface area contributed by atoms with Crippen molar-refractivity contribution in [3.63, 3.8) is 0 Å². The fourth-order valence-corrected chi connectivity index (χ4v) is 5.81. The molecule has 1 atom stereocenters. The molecule has 43 heavy (non-hydrogen) atoms. The van der Waals surface area contributed by atoms with Crippen molar-refractivity contribution >= 4 is 35.0 Å². The van der Waals surface area contributed by atoms with E-state index < -0.39 is 12.0 Å². The van der Waals surface area contributed by atoms with Crippen LogP contribution < -0.4 is 34.4 Å². The van der Waals surface area contributed by atoms with Crippen LogP contribution in [0.15, 0.2) is 93.9 Å². The number of thiazole rings is 1. The van der Waals surface area contributed by atoms with Gasteiger partial charge in [-0.05, 0) is 48.4 Å². The number of hydrogen-bond donors (Lipinski definition) is 1. The molecule has 0 saturated heterocycles. The summed E-state index contributed by atoms with van der Waals surface area (Å²) in [6.45, 7) is 1.48. The van der Waals surface area contributed by atoms with Gasteiger partial charge in [0, 0.05) is 0 Å². The van der Waals surface area contributed by atoms with Gasteiger partial charge in [-0.15, -0.1) is 0 Å². The molecule has 1 unspecified atom stereocenters. The monoisotopic (exact) mass is 599 g/mol. The zero-order valence-electron chi connectivity index (χ0n) is 24.0. The Kier molecular flexibility index (Phi) is 8.72. The van der Waals surface area contributed by atoms with Crippen LogP contribution >= 0.6 is 11.3 Å². The normalized spacial score (nSPS) is 14.4. The SMILES string of the molecule is COC(=O)C1=C(C)N=c2sc(=Cc3ccc(OCC(=O)Nc4ccccc4OC)c(OC)c3)c(=O)n2C1c1ccccc1. The molecule has 1 aliphatic rings. The Morgan fingerprint density at radius 1 is 0.953 bits per heavy atom. The Balaban J connectivity index is 1.43. The molecule has 0 spiro atoms. The zero-order valence-corrected chi connectivity index (χ0v) is 24.8. The van der Waals surface area contributed by atoms with E-state index in [1.54, 1.807) is 49.4 Å². The third-order valence-electron chi connectivity index (χ3n) is 6.77. The van der Waals surface area contributed by atoms with Crippen molar-refractivity contribution in [1.82, 2.24) is 4.57 Å². The molecule has 2 heterocycles. The van der Waals surface area contributed by atoms with E-state index in [9.17, 15) is 14.4 Å². The number of aromatic nitrogens is 1. The number of carbonyl (C=O) groups is 2. The number of esters is 1. The maximum Gasteiger partial charge on any atom is 0.338 e. The third-order valence-corrected chi connectivity index (χ3v) is 7.75. The molecule has 11 heteroatoms. The first-order chi connectivity index (χ1) is 20.8. The standard InChI is InChI=1S/C32H29N3O7S/c1-19-28(31(38)41-4)29(21-10-6-5-7-11-21)35-30(37)26(43-32(35)33-19)17-20-14-15-24(25(16-20)40-3)42-18-27(36)34-22-12-8-9-13-23(22)39-2/h5-17,29H,18H2,1-4H3,(H,34,36). The minimum Gasteiger partial charge on any atom is -0.495 e. The molecule has 1 N–H and O–H groups in total. The van der Waals surface area contributed by atoms with E-state index in [2.05, 4.69) is 10.3 Å². The number of benzene rings is 3. The van der Waals surface area contributed by atoms with Crippen LogP contribution in [0, 0.1) is 0 Å². The summed E-state index contributed by atoms with van der Waals surface area (Å²) in [5.41, 5.74) is 2.48. The Hall–Kier alpha value is -5.16. The quantitative estimate of drug-likeness (QED) is 0.293. The fourth-order valence-electron chi connectivity index (χ4n) is 4.77. The topological polar surface area (TPSA) is 117 Å². The number of ether oxygens (including phenoxy) is 4. The van der Waals surface area contributed by atoms with E-state index in [1.807, 2.05) is 36.4 Å². The number of carbonyl (C=O) groups excluding carboxylic acids is 2. The van der Waals surface area contributed by atoms with Crippen LogP contribution in [0.1, 0.15) is 24.1 Å². The highest BCUT2D eigenvalue weighted by atomic mass is 32.1. The third kappa shape index (κ3) is 6.07. The minimum atomic E-state index is -0.681. The molecular weight excluding hydrogens is 570 g/mol. The largest absolute Gasteiger partial charge is 0.495 e. The Labute approximate surface area is 251 Å². The molecule has 1 amide bonds. The highest BCUT2D eigenvalue weighted by Crippen LogP contribution is 2.31. The van der Waals surface area contributed by atoms with Crippen molar-refractivity contribution < 1.29 is 28.5 Å². The van der Waals surface area contributed by atoms with Gasteiger partial charge in [-0.1, -0.05) is 59.9 Å². The molecule has 0 aliphatic carbocycles. The second kappa shape index (κ2) is 12.8. The van der Waals surface area contributed by atoms with Crippen LogP contribution in [-0.2, 0) is 14.3 Å². The predicted octanol–water partition coefficient (Wildman–Crippen LogP) is 3.44. The summed E-state index contributed by atoms with van der Waals surface area (Å²) >= 11 is 1.22. The van der Waals surface area contributed by atoms with E-state index in [4.69, 9.17) is 18.9 Å². The first-order valence-electron chi connectivity index (χ1n) is 13.2. The molecule has 5 rings (SSSR count). The van der Waals surface area contributed by atoms with Gasteiger partial charge in [0.15, 0.2) is 22.9 Å². The average Bonchev–Trinajstić information content (AvgIpc) is 3.33. The molecule has 220 valence electrons. The van der Waals surface area contributed by atoms with Gasteiger partial charge in [0.1, 0.15) is 5.75 Å². The van der Waals surface area contributed by atoms with Gasteiger partial charge in [-0.25, -0.2) is 9.79 Å². The highest BCUT2D eigenvalue weighted by Gasteiger charge is 2.32. The predicted molar refractivity (Wildman–Crippen MR) is 162 cm³/mol. The molecule has 0 radical (unpaired) electrons. The van der Waals surface area contributed by atoms with Gasteiger partial charge < -0.3 is 24.3 Å². The molecule has 1 aromatic heterocycles. The number of anilines is 1. The van der Waals surface area contributed by atoms with Crippen LogP contribution in [0.4, 0.5) is 5.69 Å². The second-order valence-corrected chi connectivity index (χ2v) is 10.4. The Morgan fingerprint density at radius 2 is 1.67 bits per heavy atom. The van der Waals surface area contributed by atoms with Gasteiger partial charge in [0.05, 0.1) is 48.9 Å². The Bertz CT molecular complexity index is 1890. The summed E-state index contributed by atoms with van der Waals surface area (Å²) in [5, 5.41) is 2.76. The first-order valence-corrected chi connectivity index (χ1v) is 14.1. The highest BCUT2D eigenvalue weighted by molar-refractivity contribution is 7.07. The molecule has 10 nitrogen and oxygen atoms in total. The maximum absolute atomic E-state index is 13.8. The van der Waals surface area contributed by atoms with Crippen LogP contribution in [0.2, 0.25) is 0 Å². The van der Waals surface area contributed by atoms with E-state index in [0.717, 1.165) is 5.56 Å². The summed E-state index contributed by atoms with van der Waals surface area (Å²) in [7, 11) is 4.33. The molecule has 0 fully saturated rings. The lowest BCUT2D eigenvalue weighted by molar-refractivity contribution is -0.136. The number of fused-ring (bicyclic) bond motifs is 1. The van der Waals surface area contributed by atoms with E-state index >= 15 is 0 Å². The molecular formula is C32H29N3O7S. The van der Waals surface area contributed by atoms with Gasteiger partial charge in [0.25, 0.3) is 11.5 Å². The molecule has 4 aromatic rings. The van der Waals surface area contributed by atoms with Gasteiger partial charge in [0.2, 0.25) is 0 Å². The number of rotatable bonds is 9. The number of hydrogen-bond acceptors (Lipinski definition) is 9. The summed E-state index contributed by atoms with van der Waals surface area (Å²) < 4.78 is 23.5. The van der Waals surface area contributed by atoms with Crippen molar-refractivity contribution in [1.29, 1.82) is 0 Å². The molecule has 1 aliphatic heterocycles. The van der Waals surface area contributed by atoms with Crippen LogP contribution in [0.25, 0.3) is 6.08 Å². The molecule has 3 aromatic carbocycles. The van der Waals surface area contributed by atoms with E-state index in [-0.39, 0.29) is 18.1 Å². The van der Waals surface area contributed by atoms with Crippen molar-refractivity contribution in [3.8, 4) is 17.2 Å². The van der Waals surface area contributed by atoms with Gasteiger partial charge in [-0.3, -0.25) is 14.2 Å². The van der Waals surface area contributed by atoms with Crippen molar-refractivity contribution in [2.75, 3.05) is 33.3 Å². The van der Waals surface area contributed by atoms with E-state index in [0.29, 0.717) is 49.1 Å². The number of para-hydroxylation sites is 2. The first kappa shape index (κ1) is 29.3. The number of allylic oxidation sites excluding steroid dienone is 1. The van der Waals surface area contributed by atoms with Gasteiger partial charge in [-0.2, -0.15) is 0 Å². The minimum absolute atomic E-state index is 0.256. The number of amides is 1. The lowest BCUT2D eigenvalue weighted by atomic mass is 9.96. The average molecular weight is 600 g/mol. The zero-order chi connectivity index (χ0) is 30.5. The molecule has 0 bridgehead atoms. The Morgan fingerprint density at radius 3 is 2.40 bits per heavy atom. The van der Waals surface area contributed by atoms with Gasteiger partial charge >= 0.3 is 5.97 Å². The number of nitrogens with one attached hydrogen (secondary N) is 1. The molecule has 0 saturated carbocycles. The smallest absolute Gasteiger partial charge is 0.338 e. The van der Waals surface area contributed by atoms with Crippen LogP contribution in [0.5, 0.6) is 17.2 Å². The lowest BCUT2D eigenvalue weighted by Crippen LogP contribution is -2.39. The maximum atomic E-state index is 13.8. The second-order valence-electron chi connectivity index (χ2n) is 9.43. The van der Waals surface area contributed by atoms with Crippen molar-refractivity contribution in [2.45, 2.75) is 13.0 Å². The summed E-state index contributed by atoms with van der Waals surface area (Å²) in [6, 6.07) is 20.8. The number of methoxy groups -OCH3 is 3. The van der Waals surface area contributed by atoms with Crippen LogP contribution in [-0.4, -0.2) is 44.4 Å². The fraction of sp³-hybridized carbons (Fsp3) is 0.188. The van der Waals surface area contributed by atoms with E-state index in [1.165, 1.54) is 37.2 Å². The summed E-state index contributed by atoms with van der Waals surface area (Å²) in [6.07, 6.45) is 1.73. The summed E-state index contributed by atoms with van der Waals surface area (Å²) in [4.78, 5) is 44.1. The lowest BCUT2D eigenvalue weighted by Gasteiger charge is -2.24. The summed E-state index contributed by atoms with van der Waals surface area (Å²) in [5.74, 6) is 0.374.